The van der Waals surface area contributed by atoms with E-state index in [1.165, 1.54) is 16.9 Å². The van der Waals surface area contributed by atoms with Crippen LogP contribution in [0.15, 0.2) is 17.3 Å². The van der Waals surface area contributed by atoms with E-state index in [-0.39, 0.29) is 5.03 Å². The molecule has 0 spiro atoms. The van der Waals surface area contributed by atoms with Crippen molar-refractivity contribution in [3.05, 3.63) is 12.3 Å². The van der Waals surface area contributed by atoms with Crippen LogP contribution in [0.4, 0.5) is 0 Å². The van der Waals surface area contributed by atoms with E-state index in [1.54, 1.807) is 7.05 Å². The Kier molecular flexibility index (Phi) is 2.30. The molecule has 0 N–H and O–H groups in total. The van der Waals surface area contributed by atoms with Gasteiger partial charge in [0.25, 0.3) is 10.0 Å². The first-order valence-electron chi connectivity index (χ1n) is 4.26. The average Bonchev–Trinajstić information content (AvgIpc) is 2.72. The number of sulfonamides is 1. The minimum Gasteiger partial charge on any atom is -0.284 e. The maximum absolute atomic E-state index is 11.9. The van der Waals surface area contributed by atoms with Crippen molar-refractivity contribution in [1.82, 2.24) is 14.2 Å². The van der Waals surface area contributed by atoms with Gasteiger partial charge in [-0.25, -0.2) is 8.42 Å². The lowest BCUT2D eigenvalue weighted by atomic mass is 10.5. The van der Waals surface area contributed by atoms with Crippen molar-refractivity contribution in [2.45, 2.75) is 11.4 Å². The molecule has 1 fully saturated rings. The molecule has 1 saturated heterocycles. The molecule has 7 heteroatoms. The molecule has 2 heterocycles. The minimum atomic E-state index is -3.51. The lowest BCUT2D eigenvalue weighted by Gasteiger charge is -2.13. The van der Waals surface area contributed by atoms with E-state index in [1.807, 2.05) is 0 Å². The lowest BCUT2D eigenvalue weighted by molar-refractivity contribution is -0.0288. The molecule has 0 unspecified atom stereocenters. The van der Waals surface area contributed by atoms with E-state index in [0.717, 1.165) is 10.9 Å². The van der Waals surface area contributed by atoms with E-state index in [0.29, 0.717) is 13.2 Å². The summed E-state index contributed by atoms with van der Waals surface area (Å²) >= 11 is 0. The van der Waals surface area contributed by atoms with Crippen molar-refractivity contribution in [3.63, 3.8) is 0 Å². The van der Waals surface area contributed by atoms with Crippen LogP contribution in [0.3, 0.4) is 0 Å². The van der Waals surface area contributed by atoms with Gasteiger partial charge in [-0.3, -0.25) is 9.52 Å². The van der Waals surface area contributed by atoms with Gasteiger partial charge in [-0.2, -0.15) is 5.10 Å². The van der Waals surface area contributed by atoms with Crippen LogP contribution in [-0.2, 0) is 21.9 Å². The molecule has 0 atom stereocenters. The predicted octanol–water partition coefficient (Wildman–Crippen LogP) is -0.254. The SMILES string of the molecule is Cn1nccc1S(=O)(=O)N1CCCO1. The molecule has 6 nitrogen and oxygen atoms in total. The van der Waals surface area contributed by atoms with Crippen LogP contribution in [0.1, 0.15) is 6.42 Å². The topological polar surface area (TPSA) is 64.4 Å². The van der Waals surface area contributed by atoms with Gasteiger partial charge in [0, 0.05) is 13.6 Å². The molecule has 78 valence electrons. The Morgan fingerprint density at radius 1 is 1.57 bits per heavy atom. The summed E-state index contributed by atoms with van der Waals surface area (Å²) in [4.78, 5) is 5.00. The molecule has 0 amide bonds. The first-order valence-corrected chi connectivity index (χ1v) is 5.70. The van der Waals surface area contributed by atoms with Gasteiger partial charge in [0.15, 0.2) is 5.03 Å². The van der Waals surface area contributed by atoms with Crippen LogP contribution in [0.25, 0.3) is 0 Å². The molecule has 1 aromatic heterocycles. The van der Waals surface area contributed by atoms with Gasteiger partial charge in [0.1, 0.15) is 0 Å². The predicted molar refractivity (Wildman–Crippen MR) is 47.7 cm³/mol. The van der Waals surface area contributed by atoms with E-state index in [2.05, 4.69) is 5.10 Å². The summed E-state index contributed by atoms with van der Waals surface area (Å²) in [6.07, 6.45) is 2.18. The smallest absolute Gasteiger partial charge is 0.282 e. The summed E-state index contributed by atoms with van der Waals surface area (Å²) in [5.74, 6) is 0. The van der Waals surface area contributed by atoms with Crippen molar-refractivity contribution in [3.8, 4) is 0 Å². The summed E-state index contributed by atoms with van der Waals surface area (Å²) in [5, 5.41) is 3.96. The average molecular weight is 217 g/mol. The highest BCUT2D eigenvalue weighted by Gasteiger charge is 2.30. The van der Waals surface area contributed by atoms with Gasteiger partial charge in [0.05, 0.1) is 12.8 Å². The van der Waals surface area contributed by atoms with Crippen molar-refractivity contribution in [2.75, 3.05) is 13.2 Å². The Labute approximate surface area is 82.1 Å². The van der Waals surface area contributed by atoms with E-state index >= 15 is 0 Å². The standard InChI is InChI=1S/C7H11N3O3S/c1-9-7(3-4-8-9)14(11,12)10-5-2-6-13-10/h3-4H,2,5-6H2,1H3. The third-order valence-electron chi connectivity index (χ3n) is 2.03. The molecule has 1 aromatic rings. The Morgan fingerprint density at radius 2 is 2.36 bits per heavy atom. The quantitative estimate of drug-likeness (QED) is 0.685. The van der Waals surface area contributed by atoms with E-state index < -0.39 is 10.0 Å². The Hall–Kier alpha value is -0.920. The van der Waals surface area contributed by atoms with Gasteiger partial charge in [-0.05, 0) is 12.5 Å². The number of rotatable bonds is 2. The van der Waals surface area contributed by atoms with Gasteiger partial charge in [0.2, 0.25) is 0 Å². The van der Waals surface area contributed by atoms with Crippen LogP contribution in [0.5, 0.6) is 0 Å². The lowest BCUT2D eigenvalue weighted by Crippen LogP contribution is -2.28. The minimum absolute atomic E-state index is 0.152. The maximum Gasteiger partial charge on any atom is 0.282 e. The molecule has 14 heavy (non-hydrogen) atoms. The summed E-state index contributed by atoms with van der Waals surface area (Å²) < 4.78 is 26.0. The zero-order valence-corrected chi connectivity index (χ0v) is 8.57. The van der Waals surface area contributed by atoms with Crippen LogP contribution in [-0.4, -0.2) is 35.8 Å². The second-order valence-corrected chi connectivity index (χ2v) is 4.79. The molecular weight excluding hydrogens is 206 g/mol. The fraction of sp³-hybridized carbons (Fsp3) is 0.571. The molecule has 1 aliphatic rings. The molecule has 0 radical (unpaired) electrons. The van der Waals surface area contributed by atoms with Crippen LogP contribution in [0.2, 0.25) is 0 Å². The van der Waals surface area contributed by atoms with Crippen molar-refractivity contribution in [2.24, 2.45) is 7.05 Å². The van der Waals surface area contributed by atoms with E-state index in [4.69, 9.17) is 4.84 Å². The van der Waals surface area contributed by atoms with Crippen LogP contribution in [0, 0.1) is 0 Å². The molecule has 0 aromatic carbocycles. The Morgan fingerprint density at radius 3 is 2.86 bits per heavy atom. The van der Waals surface area contributed by atoms with Gasteiger partial charge < -0.3 is 0 Å². The first kappa shape index (κ1) is 9.63. The molecule has 0 bridgehead atoms. The van der Waals surface area contributed by atoms with Crippen LogP contribution < -0.4 is 0 Å². The van der Waals surface area contributed by atoms with Gasteiger partial charge in [-0.15, -0.1) is 0 Å². The van der Waals surface area contributed by atoms with Crippen molar-refractivity contribution < 1.29 is 13.3 Å². The monoisotopic (exact) mass is 217 g/mol. The Bertz CT molecular complexity index is 419. The molecular formula is C7H11N3O3S. The normalized spacial score (nSPS) is 18.9. The summed E-state index contributed by atoms with van der Waals surface area (Å²) in [6.45, 7) is 0.866. The number of hydroxylamine groups is 1. The third-order valence-corrected chi connectivity index (χ3v) is 3.78. The van der Waals surface area contributed by atoms with Crippen molar-refractivity contribution >= 4 is 10.0 Å². The fourth-order valence-electron chi connectivity index (χ4n) is 1.33. The summed E-state index contributed by atoms with van der Waals surface area (Å²) in [6, 6.07) is 1.46. The highest BCUT2D eigenvalue weighted by molar-refractivity contribution is 7.88. The number of hydrogen-bond acceptors (Lipinski definition) is 4. The number of nitrogens with zero attached hydrogens (tertiary/aromatic N) is 3. The molecule has 1 aliphatic heterocycles. The maximum atomic E-state index is 11.9. The van der Waals surface area contributed by atoms with E-state index in [9.17, 15) is 8.42 Å². The van der Waals surface area contributed by atoms with Gasteiger partial charge >= 0.3 is 0 Å². The second kappa shape index (κ2) is 3.34. The third kappa shape index (κ3) is 1.43. The largest absolute Gasteiger partial charge is 0.284 e. The zero-order valence-electron chi connectivity index (χ0n) is 7.75. The molecule has 0 aliphatic carbocycles. The Balaban J connectivity index is 2.37. The highest BCUT2D eigenvalue weighted by Crippen LogP contribution is 2.18. The number of aromatic nitrogens is 2. The molecule has 2 rings (SSSR count). The highest BCUT2D eigenvalue weighted by atomic mass is 32.2. The number of hydrogen-bond donors (Lipinski definition) is 0. The first-order chi connectivity index (χ1) is 6.62. The second-order valence-electron chi connectivity index (χ2n) is 3.01. The summed E-state index contributed by atoms with van der Waals surface area (Å²) in [5.41, 5.74) is 0. The number of aryl methyl sites for hydroxylation is 1. The van der Waals surface area contributed by atoms with Crippen LogP contribution >= 0.6 is 0 Å². The van der Waals surface area contributed by atoms with Crippen molar-refractivity contribution in [1.29, 1.82) is 0 Å². The zero-order chi connectivity index (χ0) is 10.2. The summed E-state index contributed by atoms with van der Waals surface area (Å²) in [7, 11) is -1.93. The molecule has 0 saturated carbocycles. The van der Waals surface area contributed by atoms with Gasteiger partial charge in [-0.1, -0.05) is 4.47 Å². The fourth-order valence-corrected chi connectivity index (χ4v) is 2.74.